The summed E-state index contributed by atoms with van der Waals surface area (Å²) in [5.41, 5.74) is 2.99. The highest BCUT2D eigenvalue weighted by molar-refractivity contribution is 5.70. The molecule has 25 heavy (non-hydrogen) atoms. The van der Waals surface area contributed by atoms with Gasteiger partial charge in [-0.3, -0.25) is 0 Å². The molecule has 0 saturated heterocycles. The van der Waals surface area contributed by atoms with Gasteiger partial charge >= 0.3 is 6.09 Å². The van der Waals surface area contributed by atoms with Gasteiger partial charge in [0.05, 0.1) is 13.2 Å². The topological polar surface area (TPSA) is 59.6 Å². The van der Waals surface area contributed by atoms with E-state index in [4.69, 9.17) is 9.47 Å². The van der Waals surface area contributed by atoms with Crippen LogP contribution in [-0.4, -0.2) is 19.2 Å². The van der Waals surface area contributed by atoms with Crippen LogP contribution in [0.2, 0.25) is 0 Å². The molecule has 2 N–H and O–H groups in total. The van der Waals surface area contributed by atoms with Gasteiger partial charge in [0, 0.05) is 23.2 Å². The summed E-state index contributed by atoms with van der Waals surface area (Å²) < 4.78 is 10.7. The Bertz CT molecular complexity index is 733. The first-order chi connectivity index (χ1) is 12.1. The highest BCUT2D eigenvalue weighted by Gasteiger charge is 2.33. The molecule has 0 unspecified atom stereocenters. The number of nitrogens with one attached hydrogen (secondary N) is 2. The van der Waals surface area contributed by atoms with E-state index in [0.717, 1.165) is 22.6 Å². The van der Waals surface area contributed by atoms with Crippen LogP contribution in [0.4, 0.5) is 10.5 Å². The Kier molecular flexibility index (Phi) is 5.12. The molecule has 0 bridgehead atoms. The Labute approximate surface area is 148 Å². The molecule has 0 aromatic heterocycles. The van der Waals surface area contributed by atoms with Gasteiger partial charge in [-0.25, -0.2) is 4.79 Å². The second kappa shape index (κ2) is 7.47. The number of hydrogen-bond donors (Lipinski definition) is 2. The lowest BCUT2D eigenvalue weighted by Gasteiger charge is -2.37. The van der Waals surface area contributed by atoms with Crippen molar-refractivity contribution in [2.75, 3.05) is 12.4 Å². The van der Waals surface area contributed by atoms with Crippen molar-refractivity contribution in [1.29, 1.82) is 0 Å². The second-order valence-electron chi connectivity index (χ2n) is 6.43. The third kappa shape index (κ3) is 3.87. The maximum atomic E-state index is 12.3. The van der Waals surface area contributed by atoms with Crippen molar-refractivity contribution in [3.8, 4) is 5.75 Å². The molecule has 2 aromatic rings. The lowest BCUT2D eigenvalue weighted by molar-refractivity contribution is 0.131. The predicted octanol–water partition coefficient (Wildman–Crippen LogP) is 4.11. The van der Waals surface area contributed by atoms with Crippen LogP contribution < -0.4 is 15.4 Å². The number of carbonyl (C=O) groups excluding carboxylic acids is 1. The maximum absolute atomic E-state index is 12.3. The van der Waals surface area contributed by atoms with Crippen LogP contribution in [0.15, 0.2) is 48.5 Å². The molecule has 132 valence electrons. The summed E-state index contributed by atoms with van der Waals surface area (Å²) in [6, 6.07) is 15.6. The minimum absolute atomic E-state index is 0.135. The Morgan fingerprint density at radius 3 is 2.64 bits per heavy atom. The van der Waals surface area contributed by atoms with Gasteiger partial charge in [0.1, 0.15) is 12.4 Å². The van der Waals surface area contributed by atoms with Crippen molar-refractivity contribution in [2.24, 2.45) is 5.92 Å². The number of benzene rings is 2. The average Bonchev–Trinajstić information content (AvgIpc) is 2.64. The highest BCUT2D eigenvalue weighted by atomic mass is 16.5. The lowest BCUT2D eigenvalue weighted by Crippen LogP contribution is -2.42. The summed E-state index contributed by atoms with van der Waals surface area (Å²) in [6.45, 7) is 4.48. The number of anilines is 1. The molecule has 0 saturated carbocycles. The molecular weight excluding hydrogens is 316 g/mol. The first-order valence-electron chi connectivity index (χ1n) is 8.50. The van der Waals surface area contributed by atoms with Crippen LogP contribution in [-0.2, 0) is 11.3 Å². The predicted molar refractivity (Wildman–Crippen MR) is 97.7 cm³/mol. The van der Waals surface area contributed by atoms with Crippen molar-refractivity contribution in [3.05, 3.63) is 59.7 Å². The zero-order chi connectivity index (χ0) is 17.8. The van der Waals surface area contributed by atoms with Gasteiger partial charge in [-0.05, 0) is 30.7 Å². The Balaban J connectivity index is 1.73. The molecule has 1 amide bonds. The molecule has 3 rings (SSSR count). The minimum Gasteiger partial charge on any atom is -0.497 e. The summed E-state index contributed by atoms with van der Waals surface area (Å²) in [7, 11) is 1.64. The van der Waals surface area contributed by atoms with Gasteiger partial charge in [0.25, 0.3) is 0 Å². The summed E-state index contributed by atoms with van der Waals surface area (Å²) in [5.74, 6) is 0.982. The number of hydrogen-bond acceptors (Lipinski definition) is 4. The fourth-order valence-electron chi connectivity index (χ4n) is 3.11. The van der Waals surface area contributed by atoms with Crippen LogP contribution >= 0.6 is 0 Å². The molecule has 1 heterocycles. The number of alkyl carbamates (subject to hydrolysis) is 1. The van der Waals surface area contributed by atoms with E-state index in [-0.39, 0.29) is 24.6 Å². The van der Waals surface area contributed by atoms with Crippen molar-refractivity contribution >= 4 is 11.8 Å². The van der Waals surface area contributed by atoms with Crippen LogP contribution in [0.3, 0.4) is 0 Å². The van der Waals surface area contributed by atoms with Crippen LogP contribution in [0.25, 0.3) is 0 Å². The molecule has 5 nitrogen and oxygen atoms in total. The third-order valence-electron chi connectivity index (χ3n) is 4.78. The van der Waals surface area contributed by atoms with Crippen molar-refractivity contribution in [2.45, 2.75) is 32.5 Å². The number of rotatable bonds is 4. The Hall–Kier alpha value is -2.69. The van der Waals surface area contributed by atoms with Gasteiger partial charge in [-0.15, -0.1) is 0 Å². The average molecular weight is 340 g/mol. The molecule has 2 aromatic carbocycles. The molecule has 3 atom stereocenters. The summed E-state index contributed by atoms with van der Waals surface area (Å²) in [6.07, 6.45) is -0.413. The molecule has 1 aliphatic heterocycles. The van der Waals surface area contributed by atoms with Crippen molar-refractivity contribution in [3.63, 3.8) is 0 Å². The fourth-order valence-corrected chi connectivity index (χ4v) is 3.11. The quantitative estimate of drug-likeness (QED) is 0.879. The standard InChI is InChI=1S/C20H24N2O3/c1-13-14(2)21-18-10-9-16(24-3)11-17(18)19(13)22-20(23)25-12-15-7-5-4-6-8-15/h4-11,13-14,19,21H,12H2,1-3H3,(H,22,23)/t13-,14-,19+/m0/s1. The molecule has 0 radical (unpaired) electrons. The van der Waals surface area contributed by atoms with Crippen LogP contribution in [0.1, 0.15) is 31.0 Å². The van der Waals surface area contributed by atoms with Gasteiger partial charge in [-0.1, -0.05) is 37.3 Å². The smallest absolute Gasteiger partial charge is 0.407 e. The summed E-state index contributed by atoms with van der Waals surface area (Å²) in [4.78, 5) is 12.3. The van der Waals surface area contributed by atoms with E-state index < -0.39 is 6.09 Å². The normalized spacial score (nSPS) is 21.6. The second-order valence-corrected chi connectivity index (χ2v) is 6.43. The maximum Gasteiger partial charge on any atom is 0.407 e. The summed E-state index contributed by atoms with van der Waals surface area (Å²) >= 11 is 0. The molecule has 0 spiro atoms. The Morgan fingerprint density at radius 2 is 1.92 bits per heavy atom. The molecular formula is C20H24N2O3. The van der Waals surface area contributed by atoms with E-state index in [0.29, 0.717) is 0 Å². The SMILES string of the molecule is COc1ccc2c(c1)[C@H](NC(=O)OCc1ccccc1)[C@@H](C)[C@H](C)N2. The Morgan fingerprint density at radius 1 is 1.16 bits per heavy atom. The van der Waals surface area contributed by atoms with Crippen LogP contribution in [0.5, 0.6) is 5.75 Å². The van der Waals surface area contributed by atoms with E-state index in [2.05, 4.69) is 24.5 Å². The van der Waals surface area contributed by atoms with E-state index >= 15 is 0 Å². The van der Waals surface area contributed by atoms with Gasteiger partial charge in [0.15, 0.2) is 0 Å². The number of ether oxygens (including phenoxy) is 2. The largest absolute Gasteiger partial charge is 0.497 e. The zero-order valence-electron chi connectivity index (χ0n) is 14.8. The third-order valence-corrected chi connectivity index (χ3v) is 4.78. The summed E-state index contributed by atoms with van der Waals surface area (Å²) in [5, 5.41) is 6.49. The number of methoxy groups -OCH3 is 1. The molecule has 0 fully saturated rings. The van der Waals surface area contributed by atoms with Crippen molar-refractivity contribution in [1.82, 2.24) is 5.32 Å². The number of amides is 1. The van der Waals surface area contributed by atoms with Gasteiger partial charge in [-0.2, -0.15) is 0 Å². The van der Waals surface area contributed by atoms with E-state index in [1.165, 1.54) is 0 Å². The first kappa shape index (κ1) is 17.1. The van der Waals surface area contributed by atoms with E-state index in [1.807, 2.05) is 48.5 Å². The lowest BCUT2D eigenvalue weighted by atomic mass is 9.84. The van der Waals surface area contributed by atoms with E-state index in [1.54, 1.807) is 7.11 Å². The fraction of sp³-hybridized carbons (Fsp3) is 0.350. The monoisotopic (exact) mass is 340 g/mol. The number of fused-ring (bicyclic) bond motifs is 1. The number of carbonyl (C=O) groups is 1. The van der Waals surface area contributed by atoms with Gasteiger partial charge < -0.3 is 20.1 Å². The highest BCUT2D eigenvalue weighted by Crippen LogP contribution is 2.38. The molecule has 1 aliphatic rings. The van der Waals surface area contributed by atoms with Crippen LogP contribution in [0, 0.1) is 5.92 Å². The van der Waals surface area contributed by atoms with Crippen molar-refractivity contribution < 1.29 is 14.3 Å². The zero-order valence-corrected chi connectivity index (χ0v) is 14.8. The van der Waals surface area contributed by atoms with E-state index in [9.17, 15) is 4.79 Å². The molecule has 5 heteroatoms. The first-order valence-corrected chi connectivity index (χ1v) is 8.50. The molecule has 0 aliphatic carbocycles. The minimum atomic E-state index is -0.413. The van der Waals surface area contributed by atoms with Gasteiger partial charge in [0.2, 0.25) is 0 Å².